The van der Waals surface area contributed by atoms with Crippen molar-refractivity contribution in [3.8, 4) is 9.75 Å². The van der Waals surface area contributed by atoms with E-state index in [1.54, 1.807) is 27.6 Å². The molecule has 2 aliphatic rings. The first-order chi connectivity index (χ1) is 25.8. The number of amides is 6. The largest absolute Gasteiger partial charge is 0.453 e. The highest BCUT2D eigenvalue weighted by molar-refractivity contribution is 7.35. The number of ether oxygens (including phenoxy) is 1. The molecule has 0 aliphatic carbocycles. The number of anilines is 2. The molecular formula is C36H44N6O8S4. The lowest BCUT2D eigenvalue weighted by Crippen LogP contribution is -2.54. The summed E-state index contributed by atoms with van der Waals surface area (Å²) in [5.74, 6) is -2.19. The second kappa shape index (κ2) is 16.7. The summed E-state index contributed by atoms with van der Waals surface area (Å²) in [6.07, 6.45) is 1.73. The number of aliphatic hydroxyl groups excluding tert-OH is 1. The standard InChI is InChI=1S/C36H44N6O8S4/c1-17(2)30(37-27(44)16-43)34(47)41-10-6-8-19(41)32(45)38-28-14-25-23(53-28)12-21(51-25)22-13-24-26(52-22)15-29(54-24)39-33(46)20-9-7-11-42(20)35(48)31(18(3)4)40-36(49)50-5/h12-15,17-20,30-31,43H,6-11,16H2,1-5H3,(H,37,44)(H,38,45)(H,39,46)(H,40,49)/t19-,20-,30-,31-/m0/s1. The molecule has 0 unspecified atom stereocenters. The summed E-state index contributed by atoms with van der Waals surface area (Å²) in [4.78, 5) is 82.5. The van der Waals surface area contributed by atoms with Gasteiger partial charge in [-0.05, 0) is 61.8 Å². The molecule has 5 N–H and O–H groups in total. The second-order valence-corrected chi connectivity index (χ2v) is 18.4. The van der Waals surface area contributed by atoms with Crippen molar-refractivity contribution in [1.82, 2.24) is 20.4 Å². The van der Waals surface area contributed by atoms with Crippen LogP contribution in [0.2, 0.25) is 0 Å². The van der Waals surface area contributed by atoms with Crippen LogP contribution in [-0.2, 0) is 28.7 Å². The molecule has 18 heteroatoms. The van der Waals surface area contributed by atoms with Crippen molar-refractivity contribution in [2.24, 2.45) is 11.8 Å². The zero-order valence-corrected chi connectivity index (χ0v) is 33.8. The zero-order chi connectivity index (χ0) is 38.8. The van der Waals surface area contributed by atoms with Crippen molar-refractivity contribution in [3.63, 3.8) is 0 Å². The first kappa shape index (κ1) is 39.6. The van der Waals surface area contributed by atoms with E-state index in [1.165, 1.54) is 34.7 Å². The number of carbonyl (C=O) groups excluding carboxylic acids is 6. The molecule has 14 nitrogen and oxygen atoms in total. The first-order valence-corrected chi connectivity index (χ1v) is 21.1. The zero-order valence-electron chi connectivity index (χ0n) is 30.6. The third-order valence-corrected chi connectivity index (χ3v) is 14.2. The lowest BCUT2D eigenvalue weighted by Gasteiger charge is -2.30. The van der Waals surface area contributed by atoms with Crippen molar-refractivity contribution < 1.29 is 38.6 Å². The minimum Gasteiger partial charge on any atom is -0.453 e. The van der Waals surface area contributed by atoms with E-state index in [1.807, 2.05) is 39.8 Å². The van der Waals surface area contributed by atoms with Crippen LogP contribution in [0.15, 0.2) is 24.3 Å². The Hall–Kier alpha value is -4.10. The number of aliphatic hydroxyl groups is 1. The van der Waals surface area contributed by atoms with Gasteiger partial charge in [-0.25, -0.2) is 4.79 Å². The van der Waals surface area contributed by atoms with Crippen LogP contribution in [0.5, 0.6) is 0 Å². The van der Waals surface area contributed by atoms with Gasteiger partial charge in [0.2, 0.25) is 29.5 Å². The molecule has 2 aliphatic heterocycles. The van der Waals surface area contributed by atoms with E-state index in [-0.39, 0.29) is 35.5 Å². The third-order valence-electron chi connectivity index (χ3n) is 9.61. The topological polar surface area (TPSA) is 186 Å². The van der Waals surface area contributed by atoms with Crippen LogP contribution in [0.1, 0.15) is 53.4 Å². The van der Waals surface area contributed by atoms with Crippen molar-refractivity contribution in [3.05, 3.63) is 24.3 Å². The van der Waals surface area contributed by atoms with Crippen LogP contribution < -0.4 is 21.3 Å². The minimum absolute atomic E-state index is 0.187. The summed E-state index contributed by atoms with van der Waals surface area (Å²) < 4.78 is 8.81. The highest BCUT2D eigenvalue weighted by Crippen LogP contribution is 2.46. The third kappa shape index (κ3) is 8.41. The van der Waals surface area contributed by atoms with Crippen LogP contribution >= 0.6 is 45.3 Å². The second-order valence-electron chi connectivity index (χ2n) is 14.1. The predicted octanol–water partition coefficient (Wildman–Crippen LogP) is 5.28. The molecule has 0 bridgehead atoms. The minimum atomic E-state index is -0.830. The van der Waals surface area contributed by atoms with Crippen LogP contribution in [0.3, 0.4) is 0 Å². The molecule has 4 aromatic heterocycles. The predicted molar refractivity (Wildman–Crippen MR) is 213 cm³/mol. The van der Waals surface area contributed by atoms with Crippen LogP contribution in [-0.4, -0.2) is 102 Å². The summed E-state index contributed by atoms with van der Waals surface area (Å²) in [7, 11) is 1.24. The Balaban J connectivity index is 1.08. The van der Waals surface area contributed by atoms with Crippen LogP contribution in [0, 0.1) is 11.8 Å². The van der Waals surface area contributed by atoms with Gasteiger partial charge in [-0.15, -0.1) is 45.3 Å². The van der Waals surface area contributed by atoms with Gasteiger partial charge in [-0.2, -0.15) is 0 Å². The Morgan fingerprint density at radius 3 is 1.52 bits per heavy atom. The van der Waals surface area contributed by atoms with Gasteiger partial charge in [-0.1, -0.05) is 27.7 Å². The van der Waals surface area contributed by atoms with E-state index in [0.29, 0.717) is 48.8 Å². The van der Waals surface area contributed by atoms with Gasteiger partial charge >= 0.3 is 6.09 Å². The quantitative estimate of drug-likeness (QED) is 0.128. The van der Waals surface area contributed by atoms with Crippen LogP contribution in [0.4, 0.5) is 14.8 Å². The Morgan fingerprint density at radius 1 is 0.704 bits per heavy atom. The van der Waals surface area contributed by atoms with Crippen molar-refractivity contribution >= 4 is 110 Å². The lowest BCUT2D eigenvalue weighted by molar-refractivity contribution is -0.141. The Labute approximate surface area is 328 Å². The summed E-state index contributed by atoms with van der Waals surface area (Å²) in [6.45, 7) is 7.42. The number of nitrogens with one attached hydrogen (secondary N) is 4. The molecular weight excluding hydrogens is 773 g/mol. The molecule has 6 rings (SSSR count). The number of methoxy groups -OCH3 is 1. The van der Waals surface area contributed by atoms with E-state index in [2.05, 4.69) is 33.4 Å². The van der Waals surface area contributed by atoms with Gasteiger partial charge in [0, 0.05) is 41.6 Å². The number of hydrogen-bond acceptors (Lipinski definition) is 12. The number of nitrogens with zero attached hydrogens (tertiary/aromatic N) is 2. The molecule has 0 radical (unpaired) electrons. The fraction of sp³-hybridized carbons (Fsp3) is 0.500. The molecule has 290 valence electrons. The molecule has 6 heterocycles. The van der Waals surface area contributed by atoms with E-state index in [9.17, 15) is 28.8 Å². The smallest absolute Gasteiger partial charge is 0.407 e. The number of rotatable bonds is 12. The molecule has 2 fully saturated rings. The van der Waals surface area contributed by atoms with E-state index >= 15 is 0 Å². The van der Waals surface area contributed by atoms with E-state index in [0.717, 1.165) is 28.6 Å². The number of thiophene rings is 4. The summed E-state index contributed by atoms with van der Waals surface area (Å²) in [5, 5.41) is 21.8. The Bertz CT molecular complexity index is 1860. The monoisotopic (exact) mass is 816 g/mol. The fourth-order valence-electron chi connectivity index (χ4n) is 6.84. The number of likely N-dealkylation sites (tertiary alicyclic amines) is 2. The molecule has 4 aromatic rings. The summed E-state index contributed by atoms with van der Waals surface area (Å²) in [6, 6.07) is 5.19. The van der Waals surface area contributed by atoms with Gasteiger partial charge < -0.3 is 40.9 Å². The van der Waals surface area contributed by atoms with Gasteiger partial charge in [0.1, 0.15) is 30.8 Å². The summed E-state index contributed by atoms with van der Waals surface area (Å²) >= 11 is 6.18. The highest BCUT2D eigenvalue weighted by Gasteiger charge is 2.40. The Kier molecular flexibility index (Phi) is 12.3. The molecule has 4 atom stereocenters. The molecule has 6 amide bonds. The van der Waals surface area contributed by atoms with E-state index in [4.69, 9.17) is 9.84 Å². The normalized spacial score (nSPS) is 18.4. The van der Waals surface area contributed by atoms with Gasteiger partial charge in [0.05, 0.1) is 17.1 Å². The molecule has 0 saturated carbocycles. The molecule has 54 heavy (non-hydrogen) atoms. The number of carbonyl (C=O) groups is 6. The average Bonchev–Trinajstić information content (AvgIpc) is 3.97. The number of alkyl carbamates (subject to hydrolysis) is 1. The SMILES string of the molecule is COC(=O)N[C@H](C(=O)N1CCC[C@H]1C(=O)Nc1cc2sc(-c3cc4sc(NC(=O)[C@@H]5CCCN5C(=O)[C@@H](NC(=O)CO)C(C)C)cc4s3)cc2s1)C(C)C. The first-order valence-electron chi connectivity index (χ1n) is 17.8. The van der Waals surface area contributed by atoms with Gasteiger partial charge in [0.25, 0.3) is 0 Å². The maximum Gasteiger partial charge on any atom is 0.407 e. The maximum absolute atomic E-state index is 13.4. The van der Waals surface area contributed by atoms with Crippen molar-refractivity contribution in [1.29, 1.82) is 0 Å². The van der Waals surface area contributed by atoms with Gasteiger partial charge in [0.15, 0.2) is 0 Å². The van der Waals surface area contributed by atoms with Crippen molar-refractivity contribution in [2.75, 3.05) is 37.4 Å². The van der Waals surface area contributed by atoms with Gasteiger partial charge in [-0.3, -0.25) is 24.0 Å². The van der Waals surface area contributed by atoms with Crippen LogP contribution in [0.25, 0.3) is 28.6 Å². The van der Waals surface area contributed by atoms with E-state index < -0.39 is 42.8 Å². The van der Waals surface area contributed by atoms with Crippen molar-refractivity contribution in [2.45, 2.75) is 77.5 Å². The number of hydrogen-bond donors (Lipinski definition) is 5. The number of fused-ring (bicyclic) bond motifs is 2. The lowest BCUT2D eigenvalue weighted by atomic mass is 10.0. The maximum atomic E-state index is 13.4. The summed E-state index contributed by atoms with van der Waals surface area (Å²) in [5.41, 5.74) is 0. The fourth-order valence-corrected chi connectivity index (χ4v) is 11.5. The Morgan fingerprint density at radius 2 is 1.13 bits per heavy atom. The average molecular weight is 817 g/mol. The highest BCUT2D eigenvalue weighted by atomic mass is 32.1. The molecule has 2 saturated heterocycles. The molecule has 0 spiro atoms. The molecule has 0 aromatic carbocycles.